The molecule has 0 radical (unpaired) electrons. The first-order chi connectivity index (χ1) is 11.2. The monoisotopic (exact) mass is 321 g/mol. The van der Waals surface area contributed by atoms with Gasteiger partial charge in [-0.15, -0.1) is 10.2 Å². The van der Waals surface area contributed by atoms with E-state index in [1.54, 1.807) is 6.07 Å². The molecule has 0 aliphatic carbocycles. The summed E-state index contributed by atoms with van der Waals surface area (Å²) in [5.41, 5.74) is 4.11. The highest BCUT2D eigenvalue weighted by Crippen LogP contribution is 2.22. The van der Waals surface area contributed by atoms with Crippen molar-refractivity contribution in [3.8, 4) is 6.07 Å². The lowest BCUT2D eigenvalue weighted by Gasteiger charge is -1.99. The minimum Gasteiger partial charge on any atom is -0.416 e. The summed E-state index contributed by atoms with van der Waals surface area (Å²) in [6.07, 6.45) is 0.637. The Bertz CT molecular complexity index is 834. The van der Waals surface area contributed by atoms with Crippen LogP contribution in [0.25, 0.3) is 0 Å². The van der Waals surface area contributed by atoms with Crippen LogP contribution in [0.1, 0.15) is 28.1 Å². The lowest BCUT2D eigenvalue weighted by molar-refractivity contribution is 0.420. The number of nitrogens with zero attached hydrogens (tertiary/aromatic N) is 3. The van der Waals surface area contributed by atoms with Crippen LogP contribution in [-0.4, -0.2) is 10.2 Å². The second-order valence-electron chi connectivity index (χ2n) is 5.22. The molecule has 114 valence electrons. The molecule has 0 fully saturated rings. The maximum absolute atomic E-state index is 8.91. The number of hydrogen-bond acceptors (Lipinski definition) is 5. The number of nitriles is 1. The highest BCUT2D eigenvalue weighted by molar-refractivity contribution is 7.98. The third-order valence-electron chi connectivity index (χ3n) is 3.34. The molecule has 0 aliphatic heterocycles. The first-order valence-corrected chi connectivity index (χ1v) is 8.21. The molecule has 0 atom stereocenters. The normalized spacial score (nSPS) is 10.4. The predicted molar refractivity (Wildman–Crippen MR) is 89.0 cm³/mol. The average molecular weight is 321 g/mol. The van der Waals surface area contributed by atoms with E-state index in [0.717, 1.165) is 11.1 Å². The zero-order valence-electron chi connectivity index (χ0n) is 12.7. The summed E-state index contributed by atoms with van der Waals surface area (Å²) < 4.78 is 5.67. The van der Waals surface area contributed by atoms with Gasteiger partial charge in [0.15, 0.2) is 0 Å². The predicted octanol–water partition coefficient (Wildman–Crippen LogP) is 4.13. The number of hydrogen-bond donors (Lipinski definition) is 0. The van der Waals surface area contributed by atoms with Crippen molar-refractivity contribution in [2.75, 3.05) is 0 Å². The van der Waals surface area contributed by atoms with Crippen LogP contribution in [0.3, 0.4) is 0 Å². The molecule has 0 aliphatic rings. The van der Waals surface area contributed by atoms with Crippen LogP contribution in [0.15, 0.2) is 58.2 Å². The van der Waals surface area contributed by atoms with E-state index in [1.807, 2.05) is 18.2 Å². The Balaban J connectivity index is 1.61. The van der Waals surface area contributed by atoms with Gasteiger partial charge in [0.05, 0.1) is 18.1 Å². The summed E-state index contributed by atoms with van der Waals surface area (Å²) in [6.45, 7) is 2.06. The molecule has 0 bridgehead atoms. The maximum atomic E-state index is 8.91. The molecule has 2 aromatic carbocycles. The van der Waals surface area contributed by atoms with Crippen molar-refractivity contribution in [2.45, 2.75) is 24.3 Å². The first-order valence-electron chi connectivity index (χ1n) is 7.23. The lowest BCUT2D eigenvalue weighted by Crippen LogP contribution is -1.88. The van der Waals surface area contributed by atoms with Gasteiger partial charge in [-0.3, -0.25) is 0 Å². The Morgan fingerprint density at radius 3 is 2.70 bits per heavy atom. The molecule has 3 aromatic rings. The van der Waals surface area contributed by atoms with Gasteiger partial charge in [-0.05, 0) is 30.2 Å². The molecular weight excluding hydrogens is 306 g/mol. The van der Waals surface area contributed by atoms with Gasteiger partial charge in [0, 0.05) is 5.75 Å². The van der Waals surface area contributed by atoms with E-state index in [0.29, 0.717) is 28.9 Å². The Kier molecular flexibility index (Phi) is 4.74. The molecule has 23 heavy (non-hydrogen) atoms. The molecule has 5 heteroatoms. The van der Waals surface area contributed by atoms with Gasteiger partial charge in [0.1, 0.15) is 0 Å². The molecule has 3 rings (SSSR count). The number of benzene rings is 2. The molecule has 4 nitrogen and oxygen atoms in total. The van der Waals surface area contributed by atoms with E-state index in [-0.39, 0.29) is 0 Å². The quantitative estimate of drug-likeness (QED) is 0.661. The third-order valence-corrected chi connectivity index (χ3v) is 4.23. The molecule has 0 saturated carbocycles. The summed E-state index contributed by atoms with van der Waals surface area (Å²) in [7, 11) is 0. The van der Waals surface area contributed by atoms with E-state index < -0.39 is 0 Å². The number of rotatable bonds is 5. The maximum Gasteiger partial charge on any atom is 0.276 e. The highest BCUT2D eigenvalue weighted by atomic mass is 32.2. The Labute approximate surface area is 139 Å². The van der Waals surface area contributed by atoms with E-state index in [1.165, 1.54) is 17.3 Å². The standard InChI is InChI=1S/C18H15N3OS/c1-13-5-7-14(8-6-13)10-17-20-21-18(22-17)23-12-16-4-2-3-15(9-16)11-19/h2-9H,10,12H2,1H3. The summed E-state index contributed by atoms with van der Waals surface area (Å²) in [6, 6.07) is 18.0. The Morgan fingerprint density at radius 2 is 1.91 bits per heavy atom. The second-order valence-corrected chi connectivity index (χ2v) is 6.15. The molecule has 1 aromatic heterocycles. The van der Waals surface area contributed by atoms with Gasteiger partial charge in [0.25, 0.3) is 5.22 Å². The summed E-state index contributed by atoms with van der Waals surface area (Å²) in [5, 5.41) is 17.6. The van der Waals surface area contributed by atoms with E-state index in [2.05, 4.69) is 47.5 Å². The van der Waals surface area contributed by atoms with Crippen molar-refractivity contribution in [2.24, 2.45) is 0 Å². The van der Waals surface area contributed by atoms with Gasteiger partial charge in [-0.2, -0.15) is 5.26 Å². The second kappa shape index (κ2) is 7.12. The molecule has 0 amide bonds. The number of thioether (sulfide) groups is 1. The van der Waals surface area contributed by atoms with Gasteiger partial charge in [-0.1, -0.05) is 53.7 Å². The SMILES string of the molecule is Cc1ccc(Cc2nnc(SCc3cccc(C#N)c3)o2)cc1. The van der Waals surface area contributed by atoms with Crippen LogP contribution in [0.4, 0.5) is 0 Å². The fourth-order valence-electron chi connectivity index (χ4n) is 2.12. The molecule has 0 unspecified atom stereocenters. The van der Waals surface area contributed by atoms with Crippen molar-refractivity contribution in [1.82, 2.24) is 10.2 Å². The topological polar surface area (TPSA) is 62.7 Å². The van der Waals surface area contributed by atoms with Gasteiger partial charge >= 0.3 is 0 Å². The summed E-state index contributed by atoms with van der Waals surface area (Å²) >= 11 is 1.48. The van der Waals surface area contributed by atoms with Crippen LogP contribution < -0.4 is 0 Å². The van der Waals surface area contributed by atoms with Gasteiger partial charge < -0.3 is 4.42 Å². The molecule has 1 heterocycles. The van der Waals surface area contributed by atoms with E-state index in [9.17, 15) is 0 Å². The van der Waals surface area contributed by atoms with Crippen LogP contribution in [0.5, 0.6) is 0 Å². The molecule has 0 saturated heterocycles. The van der Waals surface area contributed by atoms with Crippen LogP contribution >= 0.6 is 11.8 Å². The van der Waals surface area contributed by atoms with Crippen molar-refractivity contribution >= 4 is 11.8 Å². The zero-order valence-corrected chi connectivity index (χ0v) is 13.5. The lowest BCUT2D eigenvalue weighted by atomic mass is 10.1. The van der Waals surface area contributed by atoms with Gasteiger partial charge in [-0.25, -0.2) is 0 Å². The third kappa shape index (κ3) is 4.21. The Hall–Kier alpha value is -2.58. The molecule has 0 spiro atoms. The minimum atomic E-state index is 0.550. The van der Waals surface area contributed by atoms with Crippen LogP contribution in [0.2, 0.25) is 0 Å². The summed E-state index contributed by atoms with van der Waals surface area (Å²) in [4.78, 5) is 0. The van der Waals surface area contributed by atoms with Crippen molar-refractivity contribution < 1.29 is 4.42 Å². The van der Waals surface area contributed by atoms with Crippen LogP contribution in [0, 0.1) is 18.3 Å². The van der Waals surface area contributed by atoms with Crippen molar-refractivity contribution in [1.29, 1.82) is 5.26 Å². The minimum absolute atomic E-state index is 0.550. The largest absolute Gasteiger partial charge is 0.416 e. The number of aryl methyl sites for hydroxylation is 1. The van der Waals surface area contributed by atoms with E-state index in [4.69, 9.17) is 9.68 Å². The fraction of sp³-hybridized carbons (Fsp3) is 0.167. The first kappa shape index (κ1) is 15.3. The summed E-state index contributed by atoms with van der Waals surface area (Å²) in [5.74, 6) is 1.31. The number of aromatic nitrogens is 2. The van der Waals surface area contributed by atoms with E-state index >= 15 is 0 Å². The molecular formula is C18H15N3OS. The van der Waals surface area contributed by atoms with Crippen LogP contribution in [-0.2, 0) is 12.2 Å². The van der Waals surface area contributed by atoms with Gasteiger partial charge in [0.2, 0.25) is 5.89 Å². The Morgan fingerprint density at radius 1 is 1.09 bits per heavy atom. The highest BCUT2D eigenvalue weighted by Gasteiger charge is 2.08. The fourth-order valence-corrected chi connectivity index (χ4v) is 2.85. The average Bonchev–Trinajstić information content (AvgIpc) is 3.03. The van der Waals surface area contributed by atoms with Crippen molar-refractivity contribution in [3.05, 3.63) is 76.7 Å². The zero-order chi connectivity index (χ0) is 16.1. The smallest absolute Gasteiger partial charge is 0.276 e. The van der Waals surface area contributed by atoms with Crippen molar-refractivity contribution in [3.63, 3.8) is 0 Å². The molecule has 0 N–H and O–H groups in total.